The fourth-order valence-corrected chi connectivity index (χ4v) is 0.460. The zero-order valence-electron chi connectivity index (χ0n) is 5.27. The van der Waals surface area contributed by atoms with Crippen molar-refractivity contribution >= 4 is 6.08 Å². The van der Waals surface area contributed by atoms with Crippen LogP contribution >= 0.6 is 0 Å². The third-order valence-electron chi connectivity index (χ3n) is 0.973. The summed E-state index contributed by atoms with van der Waals surface area (Å²) in [5.41, 5.74) is 0. The van der Waals surface area contributed by atoms with E-state index in [9.17, 15) is 18.0 Å². The van der Waals surface area contributed by atoms with E-state index in [1.165, 1.54) is 6.92 Å². The van der Waals surface area contributed by atoms with Gasteiger partial charge in [-0.25, -0.2) is 4.79 Å². The molecule has 0 bridgehead atoms. The molecule has 0 aromatic rings. The minimum Gasteiger partial charge on any atom is -0.211 e. The maximum absolute atomic E-state index is 11.6. The first-order valence-electron chi connectivity index (χ1n) is 2.66. The highest BCUT2D eigenvalue weighted by molar-refractivity contribution is 5.33. The largest absolute Gasteiger partial charge is 0.411 e. The van der Waals surface area contributed by atoms with Gasteiger partial charge in [0.2, 0.25) is 6.08 Å². The Morgan fingerprint density at radius 2 is 2.10 bits per heavy atom. The van der Waals surface area contributed by atoms with E-state index in [0.29, 0.717) is 0 Å². The van der Waals surface area contributed by atoms with Gasteiger partial charge in [-0.3, -0.25) is 0 Å². The molecule has 58 valence electrons. The van der Waals surface area contributed by atoms with Crippen LogP contribution in [0.3, 0.4) is 0 Å². The highest BCUT2D eigenvalue weighted by atomic mass is 19.4. The lowest BCUT2D eigenvalue weighted by atomic mass is 10.2. The van der Waals surface area contributed by atoms with E-state index in [1.807, 2.05) is 0 Å². The average Bonchev–Trinajstić information content (AvgIpc) is 1.80. The van der Waals surface area contributed by atoms with Gasteiger partial charge in [0, 0.05) is 0 Å². The van der Waals surface area contributed by atoms with Crippen LogP contribution in [0.1, 0.15) is 13.3 Å². The molecule has 0 saturated heterocycles. The summed E-state index contributed by atoms with van der Waals surface area (Å²) in [5, 5.41) is 0. The predicted molar refractivity (Wildman–Crippen MR) is 28.3 cm³/mol. The second-order valence-electron chi connectivity index (χ2n) is 1.69. The molecule has 0 aliphatic carbocycles. The molecule has 10 heavy (non-hydrogen) atoms. The molecular formula is C5H6F3NO. The summed E-state index contributed by atoms with van der Waals surface area (Å²) in [4.78, 5) is 12.0. The summed E-state index contributed by atoms with van der Waals surface area (Å²) in [6.07, 6.45) is -3.75. The van der Waals surface area contributed by atoms with E-state index in [1.54, 1.807) is 0 Å². The highest BCUT2D eigenvalue weighted by Crippen LogP contribution is 2.24. The number of hydrogen-bond donors (Lipinski definition) is 0. The van der Waals surface area contributed by atoms with Gasteiger partial charge in [0.25, 0.3) is 0 Å². The van der Waals surface area contributed by atoms with Gasteiger partial charge in [-0.2, -0.15) is 18.2 Å². The molecule has 0 aromatic heterocycles. The van der Waals surface area contributed by atoms with Gasteiger partial charge < -0.3 is 0 Å². The Kier molecular flexibility index (Phi) is 3.09. The minimum atomic E-state index is -4.41. The Bertz CT molecular complexity index is 147. The van der Waals surface area contributed by atoms with Gasteiger partial charge in [0.15, 0.2) is 6.04 Å². The Morgan fingerprint density at radius 3 is 2.20 bits per heavy atom. The van der Waals surface area contributed by atoms with Crippen LogP contribution in [-0.2, 0) is 4.79 Å². The van der Waals surface area contributed by atoms with Crippen molar-refractivity contribution in [1.82, 2.24) is 0 Å². The summed E-state index contributed by atoms with van der Waals surface area (Å²) in [6, 6.07) is -1.88. The second kappa shape index (κ2) is 3.37. The Morgan fingerprint density at radius 1 is 1.60 bits per heavy atom. The summed E-state index contributed by atoms with van der Waals surface area (Å²) in [7, 11) is 0. The summed E-state index contributed by atoms with van der Waals surface area (Å²) in [6.45, 7) is 1.30. The molecule has 0 fully saturated rings. The number of hydrogen-bond acceptors (Lipinski definition) is 2. The summed E-state index contributed by atoms with van der Waals surface area (Å²) >= 11 is 0. The molecular weight excluding hydrogens is 147 g/mol. The van der Waals surface area contributed by atoms with Crippen molar-refractivity contribution in [3.05, 3.63) is 0 Å². The summed E-state index contributed by atoms with van der Waals surface area (Å²) in [5.74, 6) is 0. The third-order valence-corrected chi connectivity index (χ3v) is 0.973. The molecule has 0 aliphatic heterocycles. The van der Waals surface area contributed by atoms with Crippen molar-refractivity contribution in [3.8, 4) is 0 Å². The molecule has 0 rings (SSSR count). The highest BCUT2D eigenvalue weighted by Gasteiger charge is 2.38. The Hall–Kier alpha value is -0.830. The first-order valence-corrected chi connectivity index (χ1v) is 2.66. The van der Waals surface area contributed by atoms with E-state index >= 15 is 0 Å². The number of isocyanates is 1. The SMILES string of the molecule is CCC(N=C=O)C(F)(F)F. The van der Waals surface area contributed by atoms with E-state index in [2.05, 4.69) is 4.99 Å². The molecule has 0 saturated carbocycles. The number of nitrogens with zero attached hydrogens (tertiary/aromatic N) is 1. The van der Waals surface area contributed by atoms with E-state index in [-0.39, 0.29) is 6.42 Å². The van der Waals surface area contributed by atoms with Gasteiger partial charge in [-0.1, -0.05) is 6.92 Å². The molecule has 0 N–H and O–H groups in total. The van der Waals surface area contributed by atoms with Crippen molar-refractivity contribution in [2.24, 2.45) is 4.99 Å². The molecule has 0 radical (unpaired) electrons. The fraction of sp³-hybridized carbons (Fsp3) is 0.800. The van der Waals surface area contributed by atoms with Crippen LogP contribution in [0.15, 0.2) is 4.99 Å². The quantitative estimate of drug-likeness (QED) is 0.438. The number of carbonyl (C=O) groups excluding carboxylic acids is 1. The molecule has 0 amide bonds. The van der Waals surface area contributed by atoms with Crippen LogP contribution in [-0.4, -0.2) is 18.3 Å². The van der Waals surface area contributed by atoms with Crippen LogP contribution in [0.2, 0.25) is 0 Å². The van der Waals surface area contributed by atoms with Crippen molar-refractivity contribution < 1.29 is 18.0 Å². The van der Waals surface area contributed by atoms with E-state index in [4.69, 9.17) is 0 Å². The maximum Gasteiger partial charge on any atom is 0.411 e. The lowest BCUT2D eigenvalue weighted by Crippen LogP contribution is -2.25. The minimum absolute atomic E-state index is 0.223. The lowest BCUT2D eigenvalue weighted by Gasteiger charge is -2.10. The van der Waals surface area contributed by atoms with Crippen LogP contribution in [0.4, 0.5) is 13.2 Å². The van der Waals surface area contributed by atoms with Crippen molar-refractivity contribution in [3.63, 3.8) is 0 Å². The second-order valence-corrected chi connectivity index (χ2v) is 1.69. The number of alkyl halides is 3. The molecule has 2 nitrogen and oxygen atoms in total. The third kappa shape index (κ3) is 2.64. The monoisotopic (exact) mass is 153 g/mol. The topological polar surface area (TPSA) is 29.4 Å². The average molecular weight is 153 g/mol. The normalized spacial score (nSPS) is 14.0. The Labute approximate surface area is 55.8 Å². The number of rotatable bonds is 2. The molecule has 0 aromatic carbocycles. The van der Waals surface area contributed by atoms with Gasteiger partial charge in [-0.15, -0.1) is 0 Å². The predicted octanol–water partition coefficient (Wildman–Crippen LogP) is 1.66. The molecule has 0 heterocycles. The van der Waals surface area contributed by atoms with Crippen LogP contribution in [0.5, 0.6) is 0 Å². The first kappa shape index (κ1) is 9.17. The standard InChI is InChI=1S/C5H6F3NO/c1-2-4(9-3-10)5(6,7)8/h4H,2H2,1H3. The zero-order chi connectivity index (χ0) is 8.20. The van der Waals surface area contributed by atoms with Gasteiger partial charge in [0.1, 0.15) is 0 Å². The summed E-state index contributed by atoms with van der Waals surface area (Å²) < 4.78 is 34.9. The lowest BCUT2D eigenvalue weighted by molar-refractivity contribution is -0.147. The molecule has 5 heteroatoms. The smallest absolute Gasteiger partial charge is 0.211 e. The van der Waals surface area contributed by atoms with Gasteiger partial charge in [0.05, 0.1) is 0 Å². The van der Waals surface area contributed by atoms with E-state index in [0.717, 1.165) is 6.08 Å². The maximum atomic E-state index is 11.6. The van der Waals surface area contributed by atoms with Gasteiger partial charge >= 0.3 is 6.18 Å². The Balaban J connectivity index is 4.20. The first-order chi connectivity index (χ1) is 4.52. The fourth-order valence-electron chi connectivity index (χ4n) is 0.460. The van der Waals surface area contributed by atoms with Crippen LogP contribution in [0.25, 0.3) is 0 Å². The van der Waals surface area contributed by atoms with Gasteiger partial charge in [-0.05, 0) is 6.42 Å². The van der Waals surface area contributed by atoms with E-state index < -0.39 is 12.2 Å². The molecule has 0 spiro atoms. The molecule has 1 atom stereocenters. The zero-order valence-corrected chi connectivity index (χ0v) is 5.27. The molecule has 1 unspecified atom stereocenters. The number of halogens is 3. The van der Waals surface area contributed by atoms with Crippen molar-refractivity contribution in [2.75, 3.05) is 0 Å². The number of aliphatic imine (C=N–C) groups is 1. The van der Waals surface area contributed by atoms with Crippen molar-refractivity contribution in [1.29, 1.82) is 0 Å². The van der Waals surface area contributed by atoms with Crippen molar-refractivity contribution in [2.45, 2.75) is 25.6 Å². The van der Waals surface area contributed by atoms with Crippen LogP contribution < -0.4 is 0 Å². The molecule has 0 aliphatic rings. The van der Waals surface area contributed by atoms with Crippen LogP contribution in [0, 0.1) is 0 Å².